The van der Waals surface area contributed by atoms with E-state index in [1.807, 2.05) is 30.3 Å². The summed E-state index contributed by atoms with van der Waals surface area (Å²) in [6.45, 7) is 1.79. The zero-order valence-corrected chi connectivity index (χ0v) is 16.8. The molecule has 0 saturated carbocycles. The lowest BCUT2D eigenvalue weighted by molar-refractivity contribution is 0.0930. The standard InChI is InChI=1S/C23H25FN4O2/c24-19-12-10-18(11-13-19)21(29)25-20(16-17-8-4-3-5-9-17)22-26-27-23(30-22)28-14-6-1-2-7-15-28/h3-5,8-13,20H,1-2,6-7,14-16H2,(H,25,29)/t20-/m0/s1. The maximum absolute atomic E-state index is 13.2. The zero-order valence-electron chi connectivity index (χ0n) is 16.8. The van der Waals surface area contributed by atoms with Gasteiger partial charge in [-0.1, -0.05) is 48.3 Å². The predicted molar refractivity (Wildman–Crippen MR) is 112 cm³/mol. The van der Waals surface area contributed by atoms with Crippen molar-refractivity contribution in [2.24, 2.45) is 0 Å². The topological polar surface area (TPSA) is 71.3 Å². The number of aromatic nitrogens is 2. The van der Waals surface area contributed by atoms with Gasteiger partial charge < -0.3 is 14.6 Å². The van der Waals surface area contributed by atoms with Gasteiger partial charge in [-0.25, -0.2) is 4.39 Å². The summed E-state index contributed by atoms with van der Waals surface area (Å²) in [7, 11) is 0. The minimum Gasteiger partial charge on any atom is -0.406 e. The average Bonchev–Trinajstić information content (AvgIpc) is 3.10. The fraction of sp³-hybridized carbons (Fsp3) is 0.348. The van der Waals surface area contributed by atoms with E-state index in [1.54, 1.807) is 0 Å². The van der Waals surface area contributed by atoms with Crippen LogP contribution >= 0.6 is 0 Å². The number of amides is 1. The van der Waals surface area contributed by atoms with Crippen LogP contribution in [-0.2, 0) is 6.42 Å². The zero-order chi connectivity index (χ0) is 20.8. The first-order valence-electron chi connectivity index (χ1n) is 10.4. The molecule has 2 aromatic carbocycles. The largest absolute Gasteiger partial charge is 0.406 e. The molecule has 1 aliphatic heterocycles. The average molecular weight is 408 g/mol. The summed E-state index contributed by atoms with van der Waals surface area (Å²) in [5.41, 5.74) is 1.41. The Bertz CT molecular complexity index is 951. The van der Waals surface area contributed by atoms with Crippen molar-refractivity contribution >= 4 is 11.9 Å². The molecule has 30 heavy (non-hydrogen) atoms. The molecule has 1 aromatic heterocycles. The molecule has 1 atom stereocenters. The van der Waals surface area contributed by atoms with Crippen LogP contribution < -0.4 is 10.2 Å². The van der Waals surface area contributed by atoms with Crippen LogP contribution in [0.2, 0.25) is 0 Å². The van der Waals surface area contributed by atoms with E-state index in [0.717, 1.165) is 31.5 Å². The van der Waals surface area contributed by atoms with Gasteiger partial charge in [-0.15, -0.1) is 5.10 Å². The van der Waals surface area contributed by atoms with Gasteiger partial charge in [-0.05, 0) is 42.7 Å². The van der Waals surface area contributed by atoms with Crippen molar-refractivity contribution in [3.8, 4) is 0 Å². The summed E-state index contributed by atoms with van der Waals surface area (Å²) in [4.78, 5) is 14.9. The van der Waals surface area contributed by atoms with Gasteiger partial charge in [-0.2, -0.15) is 0 Å². The molecule has 6 nitrogen and oxygen atoms in total. The van der Waals surface area contributed by atoms with E-state index in [1.165, 1.54) is 37.1 Å². The van der Waals surface area contributed by atoms with Crippen molar-refractivity contribution in [1.82, 2.24) is 15.5 Å². The minimum absolute atomic E-state index is 0.314. The second-order valence-corrected chi connectivity index (χ2v) is 7.55. The van der Waals surface area contributed by atoms with E-state index in [9.17, 15) is 9.18 Å². The summed E-state index contributed by atoms with van der Waals surface area (Å²) in [5.74, 6) is -0.328. The summed E-state index contributed by atoms with van der Waals surface area (Å²) < 4.78 is 19.2. The Morgan fingerprint density at radius 3 is 2.40 bits per heavy atom. The van der Waals surface area contributed by atoms with Gasteiger partial charge in [0, 0.05) is 25.1 Å². The molecule has 0 spiro atoms. The maximum Gasteiger partial charge on any atom is 0.318 e. The van der Waals surface area contributed by atoms with Crippen molar-refractivity contribution < 1.29 is 13.6 Å². The smallest absolute Gasteiger partial charge is 0.318 e. The normalized spacial score (nSPS) is 15.4. The third-order valence-electron chi connectivity index (χ3n) is 5.30. The number of rotatable bonds is 6. The third-order valence-corrected chi connectivity index (χ3v) is 5.30. The van der Waals surface area contributed by atoms with Gasteiger partial charge >= 0.3 is 6.01 Å². The highest BCUT2D eigenvalue weighted by atomic mass is 19.1. The quantitative estimate of drug-likeness (QED) is 0.658. The third kappa shape index (κ3) is 5.03. The molecule has 1 amide bonds. The molecule has 0 bridgehead atoms. The highest BCUT2D eigenvalue weighted by Gasteiger charge is 2.24. The molecule has 0 radical (unpaired) electrons. The second kappa shape index (κ2) is 9.52. The Labute approximate surface area is 175 Å². The summed E-state index contributed by atoms with van der Waals surface area (Å²) in [6, 6.07) is 15.3. The molecule has 0 unspecified atom stereocenters. The van der Waals surface area contributed by atoms with Crippen LogP contribution in [0.5, 0.6) is 0 Å². The van der Waals surface area contributed by atoms with E-state index in [4.69, 9.17) is 4.42 Å². The summed E-state index contributed by atoms with van der Waals surface area (Å²) >= 11 is 0. The van der Waals surface area contributed by atoms with E-state index in [2.05, 4.69) is 20.4 Å². The number of anilines is 1. The van der Waals surface area contributed by atoms with Crippen molar-refractivity contribution in [1.29, 1.82) is 0 Å². The first-order chi connectivity index (χ1) is 14.7. The van der Waals surface area contributed by atoms with Crippen LogP contribution in [0.3, 0.4) is 0 Å². The van der Waals surface area contributed by atoms with Crippen LogP contribution in [0.15, 0.2) is 59.0 Å². The molecule has 4 rings (SSSR count). The minimum atomic E-state index is -0.488. The predicted octanol–water partition coefficient (Wildman–Crippen LogP) is 4.30. The molecule has 2 heterocycles. The van der Waals surface area contributed by atoms with Crippen LogP contribution in [0.1, 0.15) is 53.5 Å². The molecule has 7 heteroatoms. The number of hydrogen-bond donors (Lipinski definition) is 1. The Kier molecular flexibility index (Phi) is 6.37. The lowest BCUT2D eigenvalue weighted by Crippen LogP contribution is -2.30. The second-order valence-electron chi connectivity index (χ2n) is 7.55. The fourth-order valence-electron chi connectivity index (χ4n) is 3.65. The van der Waals surface area contributed by atoms with Gasteiger partial charge in [0.1, 0.15) is 11.9 Å². The van der Waals surface area contributed by atoms with Crippen molar-refractivity contribution in [2.75, 3.05) is 18.0 Å². The van der Waals surface area contributed by atoms with E-state index in [0.29, 0.717) is 23.9 Å². The SMILES string of the molecule is O=C(N[C@@H](Cc1ccccc1)c1nnc(N2CCCCCC2)o1)c1ccc(F)cc1. The van der Waals surface area contributed by atoms with Gasteiger partial charge in [0.25, 0.3) is 5.91 Å². The van der Waals surface area contributed by atoms with Gasteiger partial charge in [0.05, 0.1) is 0 Å². The molecule has 1 aliphatic rings. The molecule has 1 fully saturated rings. The molecule has 1 N–H and O–H groups in total. The number of halogens is 1. The summed E-state index contributed by atoms with van der Waals surface area (Å²) in [5, 5.41) is 11.5. The number of carbonyl (C=O) groups excluding carboxylic acids is 1. The van der Waals surface area contributed by atoms with E-state index >= 15 is 0 Å². The Morgan fingerprint density at radius 2 is 1.70 bits per heavy atom. The monoisotopic (exact) mass is 408 g/mol. The number of benzene rings is 2. The lowest BCUT2D eigenvalue weighted by Gasteiger charge is -2.18. The van der Waals surface area contributed by atoms with Crippen LogP contribution in [0.25, 0.3) is 0 Å². The lowest BCUT2D eigenvalue weighted by atomic mass is 10.1. The molecule has 156 valence electrons. The molecule has 3 aromatic rings. The molecular formula is C23H25FN4O2. The fourth-order valence-corrected chi connectivity index (χ4v) is 3.65. The highest BCUT2D eigenvalue weighted by molar-refractivity contribution is 5.94. The Morgan fingerprint density at radius 1 is 1.00 bits per heavy atom. The van der Waals surface area contributed by atoms with E-state index in [-0.39, 0.29) is 11.7 Å². The van der Waals surface area contributed by atoms with Gasteiger partial charge in [-0.3, -0.25) is 4.79 Å². The van der Waals surface area contributed by atoms with Crippen molar-refractivity contribution in [2.45, 2.75) is 38.1 Å². The van der Waals surface area contributed by atoms with E-state index < -0.39 is 6.04 Å². The van der Waals surface area contributed by atoms with Crippen LogP contribution in [0, 0.1) is 5.82 Å². The maximum atomic E-state index is 13.2. The van der Waals surface area contributed by atoms with Gasteiger partial charge in [0.2, 0.25) is 5.89 Å². The van der Waals surface area contributed by atoms with Crippen LogP contribution in [0.4, 0.5) is 10.4 Å². The summed E-state index contributed by atoms with van der Waals surface area (Å²) in [6.07, 6.45) is 5.14. The van der Waals surface area contributed by atoms with Crippen molar-refractivity contribution in [3.05, 3.63) is 77.4 Å². The highest BCUT2D eigenvalue weighted by Crippen LogP contribution is 2.23. The van der Waals surface area contributed by atoms with Gasteiger partial charge in [0.15, 0.2) is 0 Å². The Balaban J connectivity index is 1.55. The van der Waals surface area contributed by atoms with Crippen LogP contribution in [-0.4, -0.2) is 29.2 Å². The number of carbonyl (C=O) groups is 1. The van der Waals surface area contributed by atoms with Crippen molar-refractivity contribution in [3.63, 3.8) is 0 Å². The first kappa shape index (κ1) is 20.1. The number of hydrogen-bond acceptors (Lipinski definition) is 5. The molecule has 1 saturated heterocycles. The molecular weight excluding hydrogens is 383 g/mol. The first-order valence-corrected chi connectivity index (χ1v) is 10.4. The number of nitrogens with one attached hydrogen (secondary N) is 1. The number of nitrogens with zero attached hydrogens (tertiary/aromatic N) is 3. The Hall–Kier alpha value is -3.22. The molecule has 0 aliphatic carbocycles.